The van der Waals surface area contributed by atoms with E-state index in [4.69, 9.17) is 0 Å². The van der Waals surface area contributed by atoms with Gasteiger partial charge in [0.25, 0.3) is 0 Å². The molecule has 1 atom stereocenters. The molecule has 3 aromatic carbocycles. The zero-order valence-corrected chi connectivity index (χ0v) is 21.1. The van der Waals surface area contributed by atoms with Gasteiger partial charge in [0.15, 0.2) is 0 Å². The van der Waals surface area contributed by atoms with Crippen molar-refractivity contribution < 1.29 is 55.4 Å². The van der Waals surface area contributed by atoms with E-state index in [-0.39, 0.29) is 29.0 Å². The molecule has 0 nitrogen and oxygen atoms in total. The second-order valence-corrected chi connectivity index (χ2v) is 12.0. The van der Waals surface area contributed by atoms with Crippen molar-refractivity contribution in [1.29, 1.82) is 0 Å². The number of allylic oxidation sites excluding steroid dienone is 5. The van der Waals surface area contributed by atoms with Crippen molar-refractivity contribution in [2.24, 2.45) is 0 Å². The summed E-state index contributed by atoms with van der Waals surface area (Å²) in [6, 6.07) is 24.0. The average molecular weight is 533 g/mol. The van der Waals surface area contributed by atoms with Gasteiger partial charge >= 0.3 is 192 Å². The summed E-state index contributed by atoms with van der Waals surface area (Å²) >= 11 is -2.50. The maximum atomic E-state index is 14.1. The first-order valence-electron chi connectivity index (χ1n) is 10.6. The molecule has 0 spiro atoms. The molecular formula is C28H21Cl2F3Ti. The zero-order chi connectivity index (χ0) is 22.1. The molecule has 1 unspecified atom stereocenters. The molecule has 6 heteroatoms. The second kappa shape index (κ2) is 11.1. The summed E-state index contributed by atoms with van der Waals surface area (Å²) in [4.78, 5) is 0. The summed E-state index contributed by atoms with van der Waals surface area (Å²) in [7, 11) is 0. The first-order chi connectivity index (χ1) is 15.5. The van der Waals surface area contributed by atoms with Crippen molar-refractivity contribution in [3.8, 4) is 0 Å². The Labute approximate surface area is 216 Å². The average Bonchev–Trinajstić information content (AvgIpc) is 3.48. The van der Waals surface area contributed by atoms with Crippen LogP contribution < -0.4 is 24.8 Å². The third kappa shape index (κ3) is 5.09. The molecular weight excluding hydrogens is 512 g/mol. The molecule has 0 bridgehead atoms. The minimum Gasteiger partial charge on any atom is -1.00 e. The molecule has 0 saturated carbocycles. The molecule has 0 N–H and O–H groups in total. The summed E-state index contributed by atoms with van der Waals surface area (Å²) in [5.74, 6) is 0. The Bertz CT molecular complexity index is 1290. The Balaban J connectivity index is 0.00000162. The third-order valence-corrected chi connectivity index (χ3v) is 11.2. The van der Waals surface area contributed by atoms with E-state index in [1.54, 1.807) is 12.1 Å². The van der Waals surface area contributed by atoms with Crippen molar-refractivity contribution in [3.63, 3.8) is 0 Å². The molecule has 2 aliphatic carbocycles. The number of alkyl halides is 3. The molecule has 0 saturated heterocycles. The molecule has 0 aliphatic heterocycles. The molecule has 2 aliphatic rings. The normalized spacial score (nSPS) is 16.3. The summed E-state index contributed by atoms with van der Waals surface area (Å²) < 4.78 is 44.8. The molecule has 172 valence electrons. The van der Waals surface area contributed by atoms with Gasteiger partial charge in [0.05, 0.1) is 0 Å². The van der Waals surface area contributed by atoms with E-state index >= 15 is 0 Å². The Morgan fingerprint density at radius 3 is 2.21 bits per heavy atom. The SMILES string of the molecule is FC(F)(F)c1ccccc1[C](c1ccccc1)=[Ti+2]([C]1=CC=CC1)[CH]1C=Cc2ccccc21.[Cl-].[Cl-]. The Morgan fingerprint density at radius 1 is 0.824 bits per heavy atom. The van der Waals surface area contributed by atoms with Crippen molar-refractivity contribution >= 4 is 9.89 Å². The first-order valence-corrected chi connectivity index (χ1v) is 13.1. The monoisotopic (exact) mass is 532 g/mol. The fraction of sp³-hybridized carbons (Fsp3) is 0.107. The van der Waals surface area contributed by atoms with Crippen molar-refractivity contribution in [3.05, 3.63) is 135 Å². The van der Waals surface area contributed by atoms with Crippen LogP contribution in [0.25, 0.3) is 6.08 Å². The van der Waals surface area contributed by atoms with Crippen LogP contribution in [0.1, 0.15) is 38.5 Å². The maximum Gasteiger partial charge on any atom is -1.00 e. The van der Waals surface area contributed by atoms with Crippen molar-refractivity contribution in [1.82, 2.24) is 0 Å². The number of fused-ring (bicyclic) bond motifs is 1. The van der Waals surface area contributed by atoms with E-state index in [0.717, 1.165) is 15.8 Å². The van der Waals surface area contributed by atoms with Gasteiger partial charge < -0.3 is 24.8 Å². The Morgan fingerprint density at radius 2 is 1.50 bits per heavy atom. The van der Waals surface area contributed by atoms with Crippen LogP contribution in [-0.2, 0) is 23.6 Å². The van der Waals surface area contributed by atoms with Crippen LogP contribution >= 0.6 is 0 Å². The van der Waals surface area contributed by atoms with Gasteiger partial charge in [-0.3, -0.25) is 0 Å². The van der Waals surface area contributed by atoms with Crippen molar-refractivity contribution in [2.75, 3.05) is 0 Å². The molecule has 0 radical (unpaired) electrons. The van der Waals surface area contributed by atoms with E-state index < -0.39 is 29.1 Å². The minimum atomic E-state index is -4.41. The van der Waals surface area contributed by atoms with E-state index in [1.807, 2.05) is 48.5 Å². The van der Waals surface area contributed by atoms with Gasteiger partial charge in [0.1, 0.15) is 0 Å². The molecule has 0 amide bonds. The van der Waals surface area contributed by atoms with Gasteiger partial charge in [-0.1, -0.05) is 0 Å². The van der Waals surface area contributed by atoms with Crippen LogP contribution in [-0.4, -0.2) is 3.81 Å². The fourth-order valence-electron chi connectivity index (χ4n) is 4.67. The third-order valence-electron chi connectivity index (χ3n) is 6.06. The number of rotatable bonds is 4. The molecule has 0 fully saturated rings. The zero-order valence-electron chi connectivity index (χ0n) is 18.1. The van der Waals surface area contributed by atoms with E-state index in [0.29, 0.717) is 5.56 Å². The molecule has 3 aromatic rings. The van der Waals surface area contributed by atoms with E-state index in [2.05, 4.69) is 36.4 Å². The Kier molecular flexibility index (Phi) is 8.59. The van der Waals surface area contributed by atoms with Crippen molar-refractivity contribution in [2.45, 2.75) is 16.8 Å². The topological polar surface area (TPSA) is 0 Å². The number of halogens is 5. The minimum absolute atomic E-state index is 0. The number of hydrogen-bond acceptors (Lipinski definition) is 0. The molecule has 0 aromatic heterocycles. The quantitative estimate of drug-likeness (QED) is 0.447. The van der Waals surface area contributed by atoms with Gasteiger partial charge in [-0.25, -0.2) is 0 Å². The van der Waals surface area contributed by atoms with Crippen LogP contribution in [0.2, 0.25) is 0 Å². The first kappa shape index (κ1) is 26.4. The summed E-state index contributed by atoms with van der Waals surface area (Å²) in [5.41, 5.74) is 3.07. The largest absolute Gasteiger partial charge is 1.00 e. The van der Waals surface area contributed by atoms with Gasteiger partial charge in [0.2, 0.25) is 0 Å². The van der Waals surface area contributed by atoms with Crippen LogP contribution in [0.5, 0.6) is 0 Å². The van der Waals surface area contributed by atoms with Gasteiger partial charge in [-0.15, -0.1) is 0 Å². The van der Waals surface area contributed by atoms with E-state index in [9.17, 15) is 13.2 Å². The summed E-state index contributed by atoms with van der Waals surface area (Å²) in [6.07, 6.45) is 7.06. The van der Waals surface area contributed by atoms with Gasteiger partial charge in [-0.05, 0) is 0 Å². The predicted octanol–water partition coefficient (Wildman–Crippen LogP) is 1.51. The maximum absolute atomic E-state index is 14.1. The van der Waals surface area contributed by atoms with Crippen LogP contribution in [0.15, 0.2) is 107 Å². The van der Waals surface area contributed by atoms with Crippen LogP contribution in [0, 0.1) is 0 Å². The van der Waals surface area contributed by atoms with Gasteiger partial charge in [-0.2, -0.15) is 0 Å². The number of hydrogen-bond donors (Lipinski definition) is 0. The predicted molar refractivity (Wildman–Crippen MR) is 121 cm³/mol. The van der Waals surface area contributed by atoms with Crippen LogP contribution in [0.3, 0.4) is 0 Å². The van der Waals surface area contributed by atoms with E-state index in [1.165, 1.54) is 27.1 Å². The second-order valence-electron chi connectivity index (χ2n) is 7.99. The summed E-state index contributed by atoms with van der Waals surface area (Å²) in [6.45, 7) is 0. The standard InChI is InChI=1S/C14H9F3.C9H7.C5H5.2ClH.Ti/c15-14(16,17)13-9-5-4-8-12(13)10-11-6-2-1-3-7-11;1-2-5-9-7-3-6-8(9)4-1;1-2-4-5-3-1;;;/h1-9H;1-7H;1-3H,4H2;2*1H;/q;;;;;+2/p-2. The summed E-state index contributed by atoms with van der Waals surface area (Å²) in [5, 5.41) is 0. The molecule has 5 rings (SSSR count). The fourth-order valence-corrected chi connectivity index (χ4v) is 10.1. The number of benzene rings is 3. The Hall–Kier alpha value is -2.17. The van der Waals surface area contributed by atoms with Crippen LogP contribution in [0.4, 0.5) is 13.2 Å². The smallest absolute Gasteiger partial charge is 1.00 e. The molecule has 34 heavy (non-hydrogen) atoms. The molecule has 0 heterocycles. The van der Waals surface area contributed by atoms with Gasteiger partial charge in [0, 0.05) is 0 Å².